The highest BCUT2D eigenvalue weighted by atomic mass is 16.3. The van der Waals surface area contributed by atoms with Crippen molar-refractivity contribution in [3.05, 3.63) is 60.3 Å². The predicted octanol–water partition coefficient (Wildman–Crippen LogP) is 3.78. The van der Waals surface area contributed by atoms with E-state index in [1.54, 1.807) is 13.8 Å². The second kappa shape index (κ2) is 13.1. The summed E-state index contributed by atoms with van der Waals surface area (Å²) in [5.74, 6) is 0.136. The van der Waals surface area contributed by atoms with Crippen LogP contribution in [-0.4, -0.2) is 95.3 Å². The molecule has 2 aliphatic heterocycles. The lowest BCUT2D eigenvalue weighted by Gasteiger charge is -2.42. The molecule has 5 N–H and O–H groups in total. The van der Waals surface area contributed by atoms with Crippen molar-refractivity contribution >= 4 is 28.9 Å². The fraction of sp³-hybridized carbons (Fsp3) is 0.469. The summed E-state index contributed by atoms with van der Waals surface area (Å²) in [6, 6.07) is 18.4. The molecule has 2 aliphatic rings. The number of aromatic nitrogens is 2. The molecule has 1 amide bonds. The van der Waals surface area contributed by atoms with Crippen molar-refractivity contribution in [1.29, 1.82) is 0 Å². The fourth-order valence-corrected chi connectivity index (χ4v) is 5.67. The summed E-state index contributed by atoms with van der Waals surface area (Å²) in [6.45, 7) is 10.7. The number of anilines is 4. The Balaban J connectivity index is 1.30. The number of likely N-dealkylation sites (N-methyl/N-ethyl adjacent to an activating group) is 1. The highest BCUT2D eigenvalue weighted by molar-refractivity contribution is 5.97. The van der Waals surface area contributed by atoms with Crippen LogP contribution in [0.15, 0.2) is 54.6 Å². The summed E-state index contributed by atoms with van der Waals surface area (Å²) in [6.07, 6.45) is 2.87. The lowest BCUT2D eigenvalue weighted by molar-refractivity contribution is 0.0748. The number of rotatable bonds is 10. The normalized spacial score (nSPS) is 17.3. The molecular formula is C32H44N8O2. The maximum absolute atomic E-state index is 12.5. The molecule has 10 heteroatoms. The van der Waals surface area contributed by atoms with Crippen LogP contribution in [0.3, 0.4) is 0 Å². The summed E-state index contributed by atoms with van der Waals surface area (Å²) in [5, 5.41) is 16.8. The lowest BCUT2D eigenvalue weighted by Crippen LogP contribution is -2.52. The van der Waals surface area contributed by atoms with Gasteiger partial charge < -0.3 is 31.3 Å². The summed E-state index contributed by atoms with van der Waals surface area (Å²) in [4.78, 5) is 29.4. The zero-order valence-corrected chi connectivity index (χ0v) is 25.0. The smallest absolute Gasteiger partial charge is 0.271 e. The molecule has 42 heavy (non-hydrogen) atoms. The Morgan fingerprint density at radius 2 is 1.62 bits per heavy atom. The van der Waals surface area contributed by atoms with E-state index in [1.807, 2.05) is 42.5 Å². The van der Waals surface area contributed by atoms with Crippen LogP contribution in [0, 0.1) is 0 Å². The molecule has 5 rings (SSSR count). The van der Waals surface area contributed by atoms with Crippen molar-refractivity contribution in [2.75, 3.05) is 68.4 Å². The van der Waals surface area contributed by atoms with Crippen LogP contribution >= 0.6 is 0 Å². The zero-order valence-electron chi connectivity index (χ0n) is 25.0. The Morgan fingerprint density at radius 3 is 2.24 bits per heavy atom. The van der Waals surface area contributed by atoms with Crippen molar-refractivity contribution < 1.29 is 9.90 Å². The molecule has 2 fully saturated rings. The molecule has 3 aromatic rings. The maximum atomic E-state index is 12.5. The number of aliphatic hydroxyl groups is 1. The number of carbonyl (C=O) groups excluding carboxylic acids is 1. The summed E-state index contributed by atoms with van der Waals surface area (Å²) in [5.41, 5.74) is 8.32. The van der Waals surface area contributed by atoms with Crippen molar-refractivity contribution in [3.8, 4) is 11.3 Å². The molecule has 0 unspecified atom stereocenters. The van der Waals surface area contributed by atoms with Gasteiger partial charge in [-0.1, -0.05) is 30.3 Å². The van der Waals surface area contributed by atoms with Gasteiger partial charge in [0.1, 0.15) is 5.69 Å². The number of hydrogen-bond acceptors (Lipinski definition) is 9. The number of amides is 1. The summed E-state index contributed by atoms with van der Waals surface area (Å²) < 4.78 is 0. The molecule has 10 nitrogen and oxygen atoms in total. The molecule has 3 heterocycles. The lowest BCUT2D eigenvalue weighted by atomic mass is 10.0. The quantitative estimate of drug-likeness (QED) is 0.287. The van der Waals surface area contributed by atoms with Crippen LogP contribution in [-0.2, 0) is 0 Å². The van der Waals surface area contributed by atoms with Crippen molar-refractivity contribution in [2.45, 2.75) is 44.8 Å². The third-order valence-electron chi connectivity index (χ3n) is 8.22. The molecule has 2 aromatic carbocycles. The molecule has 0 saturated carbocycles. The number of hydrogen-bond donors (Lipinski definition) is 4. The standard InChI is InChI=1S/C32H44N8O2/c1-32(2,42)15-16-34-30-27(23-7-5-4-6-8-23)36-28(29(33)41)31(37-30)35-24-9-11-25(12-10-24)39-17-13-26(14-18-39)40-21-19-38(3)20-22-40/h4-12,26,42H,13-22H2,1-3H3,(H2,33,41)(H2,34,35,37). The van der Waals surface area contributed by atoms with Gasteiger partial charge in [-0.3, -0.25) is 9.69 Å². The number of primary amides is 1. The molecule has 0 radical (unpaired) electrons. The van der Waals surface area contributed by atoms with E-state index < -0.39 is 11.5 Å². The topological polar surface area (TPSA) is 123 Å². The van der Waals surface area contributed by atoms with Gasteiger partial charge in [-0.2, -0.15) is 0 Å². The van der Waals surface area contributed by atoms with E-state index in [0.717, 1.165) is 37.4 Å². The van der Waals surface area contributed by atoms with E-state index >= 15 is 0 Å². The third kappa shape index (κ3) is 7.56. The van der Waals surface area contributed by atoms with Crippen LogP contribution in [0.25, 0.3) is 11.3 Å². The molecule has 0 atom stereocenters. The predicted molar refractivity (Wildman–Crippen MR) is 169 cm³/mol. The highest BCUT2D eigenvalue weighted by Gasteiger charge is 2.27. The van der Waals surface area contributed by atoms with E-state index in [0.29, 0.717) is 30.5 Å². The van der Waals surface area contributed by atoms with Gasteiger partial charge in [0, 0.05) is 68.8 Å². The van der Waals surface area contributed by atoms with E-state index in [4.69, 9.17) is 10.7 Å². The summed E-state index contributed by atoms with van der Waals surface area (Å²) >= 11 is 0. The average Bonchev–Trinajstić information content (AvgIpc) is 2.98. The zero-order chi connectivity index (χ0) is 29.7. The first kappa shape index (κ1) is 29.8. The monoisotopic (exact) mass is 572 g/mol. The number of nitrogens with one attached hydrogen (secondary N) is 2. The molecule has 0 bridgehead atoms. The SMILES string of the molecule is CN1CCN(C2CCN(c3ccc(Nc4nc(NCCC(C)(C)O)c(-c5ccccc5)nc4C(N)=O)cc3)CC2)CC1. The van der Waals surface area contributed by atoms with Gasteiger partial charge in [-0.15, -0.1) is 0 Å². The number of piperidine rings is 1. The first-order valence-electron chi connectivity index (χ1n) is 14.9. The Kier molecular flexibility index (Phi) is 9.25. The van der Waals surface area contributed by atoms with Gasteiger partial charge in [0.25, 0.3) is 5.91 Å². The number of benzene rings is 2. The van der Waals surface area contributed by atoms with Crippen LogP contribution in [0.2, 0.25) is 0 Å². The largest absolute Gasteiger partial charge is 0.390 e. The second-order valence-corrected chi connectivity index (χ2v) is 12.1. The molecule has 224 valence electrons. The number of piperazine rings is 1. The molecular weight excluding hydrogens is 528 g/mol. The Labute approximate surface area is 248 Å². The van der Waals surface area contributed by atoms with E-state index in [1.165, 1.54) is 31.6 Å². The van der Waals surface area contributed by atoms with Crippen molar-refractivity contribution in [2.24, 2.45) is 5.73 Å². The van der Waals surface area contributed by atoms with Gasteiger partial charge in [-0.05, 0) is 64.4 Å². The Bertz CT molecular complexity index is 1330. The molecule has 0 aliphatic carbocycles. The number of carbonyl (C=O) groups is 1. The Morgan fingerprint density at radius 1 is 0.952 bits per heavy atom. The fourth-order valence-electron chi connectivity index (χ4n) is 5.67. The van der Waals surface area contributed by atoms with Crippen molar-refractivity contribution in [3.63, 3.8) is 0 Å². The van der Waals surface area contributed by atoms with Gasteiger partial charge in [0.15, 0.2) is 17.3 Å². The minimum Gasteiger partial charge on any atom is -0.390 e. The van der Waals surface area contributed by atoms with Gasteiger partial charge in [0.2, 0.25) is 0 Å². The van der Waals surface area contributed by atoms with Crippen LogP contribution in [0.1, 0.15) is 43.6 Å². The minimum atomic E-state index is -0.830. The maximum Gasteiger partial charge on any atom is 0.271 e. The van der Waals surface area contributed by atoms with Crippen LogP contribution in [0.5, 0.6) is 0 Å². The molecule has 2 saturated heterocycles. The minimum absolute atomic E-state index is 0.0666. The van der Waals surface area contributed by atoms with Crippen LogP contribution < -0.4 is 21.3 Å². The van der Waals surface area contributed by atoms with Crippen LogP contribution in [0.4, 0.5) is 23.0 Å². The number of nitrogens with two attached hydrogens (primary N) is 1. The third-order valence-corrected chi connectivity index (χ3v) is 8.22. The summed E-state index contributed by atoms with van der Waals surface area (Å²) in [7, 11) is 2.20. The van der Waals surface area contributed by atoms with Gasteiger partial charge in [-0.25, -0.2) is 9.97 Å². The van der Waals surface area contributed by atoms with Crippen molar-refractivity contribution in [1.82, 2.24) is 19.8 Å². The van der Waals surface area contributed by atoms with Gasteiger partial charge >= 0.3 is 0 Å². The molecule has 0 spiro atoms. The number of nitrogens with zero attached hydrogens (tertiary/aromatic N) is 5. The first-order chi connectivity index (χ1) is 20.2. The first-order valence-corrected chi connectivity index (χ1v) is 14.9. The second-order valence-electron chi connectivity index (χ2n) is 12.1. The van der Waals surface area contributed by atoms with E-state index in [2.05, 4.69) is 49.5 Å². The highest BCUT2D eigenvalue weighted by Crippen LogP contribution is 2.30. The van der Waals surface area contributed by atoms with E-state index in [9.17, 15) is 9.90 Å². The van der Waals surface area contributed by atoms with Gasteiger partial charge in [0.05, 0.1) is 5.60 Å². The van der Waals surface area contributed by atoms with E-state index in [-0.39, 0.29) is 11.5 Å². The molecule has 1 aromatic heterocycles. The average molecular weight is 573 g/mol. The Hall–Kier alpha value is -3.73.